The monoisotopic (exact) mass is 519 g/mol. The van der Waals surface area contributed by atoms with E-state index in [2.05, 4.69) is 9.97 Å². The number of para-hydroxylation sites is 1. The van der Waals surface area contributed by atoms with Gasteiger partial charge in [0.2, 0.25) is 9.84 Å². The van der Waals surface area contributed by atoms with Crippen LogP contribution in [-0.2, 0) is 9.84 Å². The lowest BCUT2D eigenvalue weighted by atomic mass is 10.0. The highest BCUT2D eigenvalue weighted by Gasteiger charge is 2.26. The van der Waals surface area contributed by atoms with E-state index in [0.717, 1.165) is 27.5 Å². The van der Waals surface area contributed by atoms with Crippen molar-refractivity contribution >= 4 is 52.6 Å². The summed E-state index contributed by atoms with van der Waals surface area (Å²) in [5, 5.41) is 1.76. The van der Waals surface area contributed by atoms with Crippen molar-refractivity contribution < 1.29 is 12.8 Å². The molecule has 6 nitrogen and oxygen atoms in total. The van der Waals surface area contributed by atoms with Crippen LogP contribution in [0.25, 0.3) is 54.0 Å². The summed E-state index contributed by atoms with van der Waals surface area (Å²) in [6, 6.07) is 30.0. The van der Waals surface area contributed by atoms with Gasteiger partial charge in [-0.05, 0) is 41.5 Å². The summed E-state index contributed by atoms with van der Waals surface area (Å²) in [6.07, 6.45) is 1.31. The highest BCUT2D eigenvalue weighted by Crippen LogP contribution is 2.43. The number of nitrogens with zero attached hydrogens (tertiary/aromatic N) is 3. The summed E-state index contributed by atoms with van der Waals surface area (Å²) in [6.45, 7) is 0. The lowest BCUT2D eigenvalue weighted by molar-refractivity contribution is 0.593. The van der Waals surface area contributed by atoms with Crippen molar-refractivity contribution in [3.05, 3.63) is 103 Å². The van der Waals surface area contributed by atoms with Gasteiger partial charge in [-0.2, -0.15) is 0 Å². The molecule has 0 aliphatic carbocycles. The van der Waals surface area contributed by atoms with Crippen LogP contribution in [0.4, 0.5) is 0 Å². The zero-order chi connectivity index (χ0) is 25.0. The van der Waals surface area contributed by atoms with Crippen molar-refractivity contribution in [3.8, 4) is 22.6 Å². The van der Waals surface area contributed by atoms with Gasteiger partial charge in [0.1, 0.15) is 22.4 Å². The molecule has 0 N–H and O–H groups in total. The van der Waals surface area contributed by atoms with Crippen LogP contribution >= 0.6 is 11.3 Å². The lowest BCUT2D eigenvalue weighted by Crippen LogP contribution is -2.04. The third-order valence-electron chi connectivity index (χ3n) is 6.26. The first-order valence-corrected chi connectivity index (χ1v) is 13.8. The first-order chi connectivity index (χ1) is 18.1. The van der Waals surface area contributed by atoms with E-state index < -0.39 is 9.84 Å². The molecule has 178 valence electrons. The quantitative estimate of drug-likeness (QED) is 0.230. The smallest absolute Gasteiger partial charge is 0.225 e. The number of thiophene rings is 1. The number of benzene rings is 3. The molecule has 0 atom stereocenters. The number of rotatable bonds is 4. The van der Waals surface area contributed by atoms with Crippen LogP contribution in [0, 0.1) is 0 Å². The summed E-state index contributed by atoms with van der Waals surface area (Å²) in [5.74, 6) is 0.640. The van der Waals surface area contributed by atoms with Gasteiger partial charge in [-0.3, -0.25) is 0 Å². The maximum absolute atomic E-state index is 13.5. The number of hydrogen-bond acceptors (Lipinski definition) is 7. The maximum Gasteiger partial charge on any atom is 0.225 e. The van der Waals surface area contributed by atoms with Crippen LogP contribution in [-0.4, -0.2) is 23.4 Å². The topological polar surface area (TPSA) is 86.0 Å². The molecule has 8 heteroatoms. The van der Waals surface area contributed by atoms with Crippen LogP contribution in [0.2, 0.25) is 0 Å². The van der Waals surface area contributed by atoms with E-state index in [0.29, 0.717) is 26.5 Å². The molecule has 0 radical (unpaired) electrons. The number of hydrogen-bond donors (Lipinski definition) is 0. The fourth-order valence-electron chi connectivity index (χ4n) is 4.53. The predicted molar refractivity (Wildman–Crippen MR) is 145 cm³/mol. The average Bonchev–Trinajstić information content (AvgIpc) is 3.55. The van der Waals surface area contributed by atoms with E-state index in [1.54, 1.807) is 30.3 Å². The molecule has 3 aromatic carbocycles. The Balaban J connectivity index is 1.54. The maximum atomic E-state index is 13.5. The van der Waals surface area contributed by atoms with Crippen LogP contribution in [0.5, 0.6) is 0 Å². The summed E-state index contributed by atoms with van der Waals surface area (Å²) >= 11 is 1.28. The molecule has 0 fully saturated rings. The Morgan fingerprint density at radius 3 is 2.30 bits per heavy atom. The summed E-state index contributed by atoms with van der Waals surface area (Å²) in [7, 11) is -3.86. The standard InChI is InChI=1S/C29H17N3O3S2/c33-37(34,20-12-5-2-6-13-20)29-27-26(30-17-31-29)25-21(18-9-3-1-4-10-18)16-22(32-28(25)36-27)24-15-19-11-7-8-14-23(19)35-24/h1-17H. The zero-order valence-corrected chi connectivity index (χ0v) is 20.8. The Morgan fingerprint density at radius 1 is 0.784 bits per heavy atom. The van der Waals surface area contributed by atoms with Crippen LogP contribution < -0.4 is 0 Å². The van der Waals surface area contributed by atoms with Crippen molar-refractivity contribution in [2.45, 2.75) is 9.92 Å². The molecular formula is C29H17N3O3S2. The minimum Gasteiger partial charge on any atom is -0.454 e. The number of aromatic nitrogens is 3. The molecule has 37 heavy (non-hydrogen) atoms. The SMILES string of the molecule is O=S(=O)(c1ccccc1)c1ncnc2c1sc1nc(-c3cc4ccccc4o3)cc(-c3ccccc3)c12. The van der Waals surface area contributed by atoms with Gasteiger partial charge in [0, 0.05) is 10.8 Å². The second kappa shape index (κ2) is 8.33. The van der Waals surface area contributed by atoms with Gasteiger partial charge in [0.25, 0.3) is 0 Å². The van der Waals surface area contributed by atoms with E-state index in [4.69, 9.17) is 9.40 Å². The molecule has 0 unspecified atom stereocenters. The molecule has 7 aromatic rings. The number of sulfone groups is 1. The first kappa shape index (κ1) is 21.8. The lowest BCUT2D eigenvalue weighted by Gasteiger charge is -2.07. The minimum absolute atomic E-state index is 0.0176. The average molecular weight is 520 g/mol. The third kappa shape index (κ3) is 3.53. The molecule has 0 aliphatic rings. The zero-order valence-electron chi connectivity index (χ0n) is 19.2. The van der Waals surface area contributed by atoms with Crippen molar-refractivity contribution in [1.82, 2.24) is 15.0 Å². The predicted octanol–water partition coefficient (Wildman–Crippen LogP) is 7.15. The Labute approximate surface area is 215 Å². The number of fused-ring (bicyclic) bond motifs is 4. The Kier molecular flexibility index (Phi) is 4.92. The Morgan fingerprint density at radius 2 is 1.51 bits per heavy atom. The Hall–Kier alpha value is -4.40. The van der Waals surface area contributed by atoms with Gasteiger partial charge in [-0.1, -0.05) is 66.7 Å². The van der Waals surface area contributed by atoms with Crippen LogP contribution in [0.1, 0.15) is 0 Å². The van der Waals surface area contributed by atoms with Gasteiger partial charge in [-0.25, -0.2) is 23.4 Å². The molecule has 0 bridgehead atoms. The minimum atomic E-state index is -3.86. The van der Waals surface area contributed by atoms with Gasteiger partial charge in [0.15, 0.2) is 10.8 Å². The largest absolute Gasteiger partial charge is 0.454 e. The molecule has 7 rings (SSSR count). The van der Waals surface area contributed by atoms with E-state index in [1.807, 2.05) is 66.7 Å². The van der Waals surface area contributed by atoms with Crippen LogP contribution in [0.3, 0.4) is 0 Å². The van der Waals surface area contributed by atoms with E-state index in [1.165, 1.54) is 17.7 Å². The van der Waals surface area contributed by atoms with Crippen molar-refractivity contribution in [1.29, 1.82) is 0 Å². The highest BCUT2D eigenvalue weighted by molar-refractivity contribution is 7.91. The molecule has 0 amide bonds. The normalized spacial score (nSPS) is 12.0. The molecular weight excluding hydrogens is 502 g/mol. The number of pyridine rings is 1. The molecule has 0 aliphatic heterocycles. The van der Waals surface area contributed by atoms with E-state index in [-0.39, 0.29) is 9.92 Å². The van der Waals surface area contributed by atoms with Gasteiger partial charge in [0.05, 0.1) is 15.1 Å². The van der Waals surface area contributed by atoms with Crippen molar-refractivity contribution in [2.24, 2.45) is 0 Å². The fourth-order valence-corrected chi connectivity index (χ4v) is 7.29. The summed E-state index contributed by atoms with van der Waals surface area (Å²) < 4.78 is 33.7. The van der Waals surface area contributed by atoms with Gasteiger partial charge < -0.3 is 4.42 Å². The second-order valence-corrected chi connectivity index (χ2v) is 11.4. The third-order valence-corrected chi connectivity index (χ3v) is 9.18. The number of furan rings is 1. The fraction of sp³-hybridized carbons (Fsp3) is 0. The highest BCUT2D eigenvalue weighted by atomic mass is 32.2. The van der Waals surface area contributed by atoms with E-state index >= 15 is 0 Å². The van der Waals surface area contributed by atoms with Gasteiger partial charge in [-0.15, -0.1) is 11.3 Å². The Bertz CT molecular complexity index is 2020. The molecule has 0 saturated heterocycles. The summed E-state index contributed by atoms with van der Waals surface area (Å²) in [5.41, 5.74) is 3.87. The van der Waals surface area contributed by atoms with Crippen LogP contribution in [0.15, 0.2) is 118 Å². The molecule has 0 saturated carbocycles. The van der Waals surface area contributed by atoms with Gasteiger partial charge >= 0.3 is 0 Å². The molecule has 4 aromatic heterocycles. The molecule has 4 heterocycles. The van der Waals surface area contributed by atoms with Crippen molar-refractivity contribution in [3.63, 3.8) is 0 Å². The second-order valence-electron chi connectivity index (χ2n) is 8.52. The molecule has 0 spiro atoms. The first-order valence-electron chi connectivity index (χ1n) is 11.5. The van der Waals surface area contributed by atoms with E-state index in [9.17, 15) is 8.42 Å². The van der Waals surface area contributed by atoms with Crippen molar-refractivity contribution in [2.75, 3.05) is 0 Å². The summed E-state index contributed by atoms with van der Waals surface area (Å²) in [4.78, 5) is 14.5.